The van der Waals surface area contributed by atoms with Gasteiger partial charge in [-0.1, -0.05) is 41.1 Å². The highest BCUT2D eigenvalue weighted by Crippen LogP contribution is 2.48. The Bertz CT molecular complexity index is 310. The van der Waals surface area contributed by atoms with E-state index in [-0.39, 0.29) is 5.41 Å². The van der Waals surface area contributed by atoms with Crippen molar-refractivity contribution < 1.29 is 0 Å². The van der Waals surface area contributed by atoms with Gasteiger partial charge in [0.15, 0.2) is 0 Å². The van der Waals surface area contributed by atoms with E-state index in [1.807, 2.05) is 6.07 Å². The van der Waals surface area contributed by atoms with Gasteiger partial charge in [0.25, 0.3) is 0 Å². The van der Waals surface area contributed by atoms with Crippen LogP contribution in [0.5, 0.6) is 0 Å². The van der Waals surface area contributed by atoms with Crippen LogP contribution in [0.1, 0.15) is 18.9 Å². The Balaban J connectivity index is 2.41. The van der Waals surface area contributed by atoms with E-state index in [4.69, 9.17) is 5.73 Å². The minimum absolute atomic E-state index is 0.222. The third-order valence-corrected chi connectivity index (χ3v) is 3.48. The van der Waals surface area contributed by atoms with E-state index in [2.05, 4.69) is 41.1 Å². The largest absolute Gasteiger partial charge is 0.327 e. The fraction of sp³-hybridized carbons (Fsp3) is 0.400. The fourth-order valence-corrected chi connectivity index (χ4v) is 2.37. The number of hydrogen-bond acceptors (Lipinski definition) is 1. The molecule has 2 N–H and O–H groups in total. The van der Waals surface area contributed by atoms with Crippen LogP contribution in [0.2, 0.25) is 0 Å². The van der Waals surface area contributed by atoms with Crippen LogP contribution in [0.3, 0.4) is 0 Å². The molecule has 1 nitrogen and oxygen atoms in total. The van der Waals surface area contributed by atoms with Gasteiger partial charge >= 0.3 is 0 Å². The number of hydrogen-bond donors (Lipinski definition) is 1. The molecule has 0 spiro atoms. The molecular weight excluding hydrogens is 214 g/mol. The minimum atomic E-state index is 0.222. The highest BCUT2D eigenvalue weighted by Gasteiger charge is 2.49. The van der Waals surface area contributed by atoms with Gasteiger partial charge in [0.05, 0.1) is 0 Å². The number of nitrogens with two attached hydrogens (primary N) is 1. The average Bonchev–Trinajstić information content (AvgIpc) is 2.61. The minimum Gasteiger partial charge on any atom is -0.327 e. The van der Waals surface area contributed by atoms with Crippen LogP contribution in [0.25, 0.3) is 0 Å². The standard InChI is InChI=1S/C10H12BrN/c1-10(6-9(10)12)7-4-2-3-5-8(7)11/h2-5,9H,6,12H2,1H3. The van der Waals surface area contributed by atoms with Gasteiger partial charge in [-0.3, -0.25) is 0 Å². The first-order chi connectivity index (χ1) is 5.64. The Labute approximate surface area is 81.1 Å². The van der Waals surface area contributed by atoms with E-state index in [9.17, 15) is 0 Å². The molecule has 1 aromatic rings. The van der Waals surface area contributed by atoms with Crippen LogP contribution in [0, 0.1) is 0 Å². The molecule has 1 saturated carbocycles. The SMILES string of the molecule is CC1(c2ccccc2Br)CC1N. The normalized spacial score (nSPS) is 33.4. The van der Waals surface area contributed by atoms with Gasteiger partial charge in [-0.25, -0.2) is 0 Å². The van der Waals surface area contributed by atoms with Crippen molar-refractivity contribution in [2.24, 2.45) is 5.73 Å². The van der Waals surface area contributed by atoms with Crippen LogP contribution in [0.15, 0.2) is 28.7 Å². The summed E-state index contributed by atoms with van der Waals surface area (Å²) in [5, 5.41) is 0. The molecule has 0 aromatic heterocycles. The summed E-state index contributed by atoms with van der Waals surface area (Å²) in [6, 6.07) is 8.67. The summed E-state index contributed by atoms with van der Waals surface area (Å²) in [6.07, 6.45) is 1.11. The molecule has 0 saturated heterocycles. The van der Waals surface area contributed by atoms with E-state index in [1.54, 1.807) is 0 Å². The highest BCUT2D eigenvalue weighted by atomic mass is 79.9. The number of halogens is 1. The highest BCUT2D eigenvalue weighted by molar-refractivity contribution is 9.10. The molecule has 0 heterocycles. The van der Waals surface area contributed by atoms with Crippen molar-refractivity contribution in [2.75, 3.05) is 0 Å². The van der Waals surface area contributed by atoms with Crippen molar-refractivity contribution in [3.63, 3.8) is 0 Å². The molecule has 1 aliphatic rings. The third-order valence-electron chi connectivity index (χ3n) is 2.79. The van der Waals surface area contributed by atoms with Crippen molar-refractivity contribution in [2.45, 2.75) is 24.8 Å². The van der Waals surface area contributed by atoms with Crippen LogP contribution in [0.4, 0.5) is 0 Å². The summed E-state index contributed by atoms with van der Waals surface area (Å²) in [6.45, 7) is 2.22. The zero-order chi connectivity index (χ0) is 8.77. The second kappa shape index (κ2) is 2.57. The lowest BCUT2D eigenvalue weighted by Crippen LogP contribution is -2.14. The molecule has 1 fully saturated rings. The van der Waals surface area contributed by atoms with Crippen molar-refractivity contribution in [1.29, 1.82) is 0 Å². The molecule has 0 radical (unpaired) electrons. The number of rotatable bonds is 1. The molecule has 1 aliphatic carbocycles. The average molecular weight is 226 g/mol. The lowest BCUT2D eigenvalue weighted by Gasteiger charge is -2.11. The molecule has 2 unspecified atom stereocenters. The molecule has 12 heavy (non-hydrogen) atoms. The molecular formula is C10H12BrN. The lowest BCUT2D eigenvalue weighted by atomic mass is 9.98. The predicted molar refractivity (Wildman–Crippen MR) is 54.1 cm³/mol. The molecule has 0 bridgehead atoms. The molecule has 0 amide bonds. The maximum atomic E-state index is 5.88. The molecule has 2 atom stereocenters. The van der Waals surface area contributed by atoms with Gasteiger partial charge in [-0.05, 0) is 18.1 Å². The van der Waals surface area contributed by atoms with Crippen LogP contribution in [-0.2, 0) is 5.41 Å². The summed E-state index contributed by atoms with van der Waals surface area (Å²) in [5.74, 6) is 0. The van der Waals surface area contributed by atoms with Crippen molar-refractivity contribution in [3.05, 3.63) is 34.3 Å². The first-order valence-corrected chi connectivity index (χ1v) is 4.94. The zero-order valence-electron chi connectivity index (χ0n) is 7.05. The van der Waals surface area contributed by atoms with E-state index in [1.165, 1.54) is 10.0 Å². The Morgan fingerprint density at radius 2 is 2.08 bits per heavy atom. The summed E-state index contributed by atoms with van der Waals surface area (Å²) in [5.41, 5.74) is 7.45. The number of benzene rings is 1. The summed E-state index contributed by atoms with van der Waals surface area (Å²) >= 11 is 3.54. The Morgan fingerprint density at radius 1 is 1.50 bits per heavy atom. The topological polar surface area (TPSA) is 26.0 Å². The summed E-state index contributed by atoms with van der Waals surface area (Å²) in [4.78, 5) is 0. The van der Waals surface area contributed by atoms with Crippen LogP contribution >= 0.6 is 15.9 Å². The van der Waals surface area contributed by atoms with E-state index >= 15 is 0 Å². The van der Waals surface area contributed by atoms with Crippen molar-refractivity contribution in [1.82, 2.24) is 0 Å². The summed E-state index contributed by atoms with van der Waals surface area (Å²) < 4.78 is 1.18. The van der Waals surface area contributed by atoms with Crippen LogP contribution in [-0.4, -0.2) is 6.04 Å². The quantitative estimate of drug-likeness (QED) is 0.781. The first kappa shape index (κ1) is 8.27. The van der Waals surface area contributed by atoms with Crippen LogP contribution < -0.4 is 5.73 Å². The lowest BCUT2D eigenvalue weighted by molar-refractivity contribution is 0.737. The Morgan fingerprint density at radius 3 is 2.58 bits per heavy atom. The fourth-order valence-electron chi connectivity index (χ4n) is 1.63. The van der Waals surface area contributed by atoms with Gasteiger partial charge in [-0.15, -0.1) is 0 Å². The van der Waals surface area contributed by atoms with Gasteiger partial charge in [-0.2, -0.15) is 0 Å². The maximum absolute atomic E-state index is 5.88. The molecule has 0 aliphatic heterocycles. The second-order valence-electron chi connectivity index (χ2n) is 3.71. The second-order valence-corrected chi connectivity index (χ2v) is 4.56. The molecule has 2 heteroatoms. The molecule has 1 aromatic carbocycles. The van der Waals surface area contributed by atoms with Gasteiger partial charge in [0.2, 0.25) is 0 Å². The van der Waals surface area contributed by atoms with Crippen molar-refractivity contribution in [3.8, 4) is 0 Å². The zero-order valence-corrected chi connectivity index (χ0v) is 8.64. The first-order valence-electron chi connectivity index (χ1n) is 4.15. The molecule has 2 rings (SSSR count). The third kappa shape index (κ3) is 1.10. The predicted octanol–water partition coefficient (Wildman–Crippen LogP) is 2.44. The van der Waals surface area contributed by atoms with E-state index < -0.39 is 0 Å². The van der Waals surface area contributed by atoms with Gasteiger partial charge in [0, 0.05) is 15.9 Å². The Kier molecular flexibility index (Phi) is 1.77. The Hall–Kier alpha value is -0.340. The van der Waals surface area contributed by atoms with Crippen molar-refractivity contribution >= 4 is 15.9 Å². The maximum Gasteiger partial charge on any atom is 0.0213 e. The summed E-state index contributed by atoms with van der Waals surface area (Å²) in [7, 11) is 0. The van der Waals surface area contributed by atoms with Gasteiger partial charge < -0.3 is 5.73 Å². The van der Waals surface area contributed by atoms with E-state index in [0.29, 0.717) is 6.04 Å². The molecule has 64 valence electrons. The van der Waals surface area contributed by atoms with E-state index in [0.717, 1.165) is 6.42 Å². The van der Waals surface area contributed by atoms with Gasteiger partial charge in [0.1, 0.15) is 0 Å². The smallest absolute Gasteiger partial charge is 0.0213 e. The monoisotopic (exact) mass is 225 g/mol.